The highest BCUT2D eigenvalue weighted by Crippen LogP contribution is 2.53. The molecule has 210 valence electrons. The van der Waals surface area contributed by atoms with Gasteiger partial charge >= 0.3 is 0 Å². The zero-order chi connectivity index (χ0) is 29.4. The number of pyridine rings is 1. The van der Waals surface area contributed by atoms with Crippen LogP contribution in [0.4, 0.5) is 0 Å². The molecule has 1 aliphatic carbocycles. The first-order chi connectivity index (χ1) is 21.7. The van der Waals surface area contributed by atoms with Gasteiger partial charge in [-0.25, -0.2) is 4.98 Å². The molecule has 0 fully saturated rings. The summed E-state index contributed by atoms with van der Waals surface area (Å²) in [5.74, 6) is 0. The van der Waals surface area contributed by atoms with Crippen molar-refractivity contribution in [3.63, 3.8) is 0 Å². The number of fused-ring (bicyclic) bond motifs is 10. The van der Waals surface area contributed by atoms with E-state index in [1.165, 1.54) is 75.3 Å². The Morgan fingerprint density at radius 2 is 1.32 bits per heavy atom. The maximum atomic E-state index is 5.53. The van der Waals surface area contributed by atoms with E-state index in [2.05, 4.69) is 141 Å². The molecule has 44 heavy (non-hydrogen) atoms. The SMILES string of the molecule is CCC1(CC)c2ccccc2-c2cc(-c3cc(-c4ccccc4)c4ccc5sc6c7ccccc7ccc6c5c4n3)ccc21. The number of benzene rings is 6. The summed E-state index contributed by atoms with van der Waals surface area (Å²) >= 11 is 1.88. The minimum absolute atomic E-state index is 0.0704. The summed E-state index contributed by atoms with van der Waals surface area (Å²) in [7, 11) is 0. The number of aromatic nitrogens is 1. The van der Waals surface area contributed by atoms with Gasteiger partial charge in [-0.3, -0.25) is 0 Å². The second-order valence-electron chi connectivity index (χ2n) is 12.1. The third-order valence-electron chi connectivity index (χ3n) is 10.2. The lowest BCUT2D eigenvalue weighted by atomic mass is 9.74. The van der Waals surface area contributed by atoms with Gasteiger partial charge in [0.2, 0.25) is 0 Å². The Kier molecular flexibility index (Phi) is 5.61. The molecular weight excluding hydrogens is 551 g/mol. The van der Waals surface area contributed by atoms with Gasteiger partial charge in [0.05, 0.1) is 11.2 Å². The third-order valence-corrected chi connectivity index (χ3v) is 11.4. The molecule has 8 aromatic rings. The predicted octanol–water partition coefficient (Wildman–Crippen LogP) is 12.2. The van der Waals surface area contributed by atoms with Crippen LogP contribution in [-0.2, 0) is 5.41 Å². The van der Waals surface area contributed by atoms with Crippen LogP contribution in [0.2, 0.25) is 0 Å². The zero-order valence-corrected chi connectivity index (χ0v) is 25.7. The van der Waals surface area contributed by atoms with Gasteiger partial charge < -0.3 is 0 Å². The molecule has 0 atom stereocenters. The highest BCUT2D eigenvalue weighted by Gasteiger charge is 2.40. The molecule has 1 aliphatic rings. The molecule has 6 aromatic carbocycles. The van der Waals surface area contributed by atoms with E-state index in [0.717, 1.165) is 24.1 Å². The van der Waals surface area contributed by atoms with Gasteiger partial charge in [0.15, 0.2) is 0 Å². The minimum Gasteiger partial charge on any atom is -0.247 e. The van der Waals surface area contributed by atoms with E-state index in [1.807, 2.05) is 11.3 Å². The summed E-state index contributed by atoms with van der Waals surface area (Å²) in [6.45, 7) is 4.67. The van der Waals surface area contributed by atoms with Crippen molar-refractivity contribution in [3.8, 4) is 33.5 Å². The van der Waals surface area contributed by atoms with E-state index >= 15 is 0 Å². The molecule has 0 unspecified atom stereocenters. The smallest absolute Gasteiger partial charge is 0.0808 e. The topological polar surface area (TPSA) is 12.9 Å². The molecule has 0 saturated carbocycles. The molecule has 0 amide bonds. The zero-order valence-electron chi connectivity index (χ0n) is 24.9. The lowest BCUT2D eigenvalue weighted by Crippen LogP contribution is -2.22. The molecular formula is C42H31NS. The number of hydrogen-bond donors (Lipinski definition) is 0. The molecule has 0 saturated heterocycles. The fourth-order valence-electron chi connectivity index (χ4n) is 7.92. The normalized spacial score (nSPS) is 13.6. The largest absolute Gasteiger partial charge is 0.247 e. The minimum atomic E-state index is 0.0704. The summed E-state index contributed by atoms with van der Waals surface area (Å²) in [4.78, 5) is 5.53. The van der Waals surface area contributed by atoms with Gasteiger partial charge in [-0.1, -0.05) is 123 Å². The average Bonchev–Trinajstić information content (AvgIpc) is 3.62. The van der Waals surface area contributed by atoms with E-state index < -0.39 is 0 Å². The first-order valence-electron chi connectivity index (χ1n) is 15.7. The van der Waals surface area contributed by atoms with Gasteiger partial charge in [0.1, 0.15) is 0 Å². The second kappa shape index (κ2) is 9.61. The van der Waals surface area contributed by atoms with Crippen molar-refractivity contribution in [3.05, 3.63) is 139 Å². The summed E-state index contributed by atoms with van der Waals surface area (Å²) in [6.07, 6.45) is 2.19. The second-order valence-corrected chi connectivity index (χ2v) is 13.2. The molecule has 9 rings (SSSR count). The Hall–Kier alpha value is -4.79. The molecule has 2 heterocycles. The first-order valence-corrected chi connectivity index (χ1v) is 16.5. The van der Waals surface area contributed by atoms with E-state index in [-0.39, 0.29) is 5.41 Å². The lowest BCUT2D eigenvalue weighted by Gasteiger charge is -2.29. The Labute approximate surface area is 261 Å². The molecule has 0 radical (unpaired) electrons. The standard InChI is InChI=1S/C42H31NS/c1-3-42(4-2)35-17-11-10-16-30(35)34-24-28(19-22-36(34)42)37-25-33(26-12-6-5-7-13-26)31-21-23-38-39(40(31)43-37)32-20-18-27-14-8-9-15-29(27)41(32)44-38/h5-25H,3-4H2,1-2H3. The van der Waals surface area contributed by atoms with Gasteiger partial charge in [-0.15, -0.1) is 11.3 Å². The van der Waals surface area contributed by atoms with Crippen LogP contribution in [0.25, 0.3) is 75.4 Å². The van der Waals surface area contributed by atoms with Crippen molar-refractivity contribution >= 4 is 53.2 Å². The van der Waals surface area contributed by atoms with Crippen LogP contribution in [0.5, 0.6) is 0 Å². The van der Waals surface area contributed by atoms with Crippen LogP contribution in [0.15, 0.2) is 127 Å². The first kappa shape index (κ1) is 25.7. The van der Waals surface area contributed by atoms with Crippen LogP contribution >= 0.6 is 11.3 Å². The predicted molar refractivity (Wildman–Crippen MR) is 190 cm³/mol. The van der Waals surface area contributed by atoms with Crippen LogP contribution in [0.1, 0.15) is 37.8 Å². The van der Waals surface area contributed by atoms with E-state index in [0.29, 0.717) is 0 Å². The molecule has 2 heteroatoms. The van der Waals surface area contributed by atoms with E-state index in [1.54, 1.807) is 0 Å². The molecule has 0 bridgehead atoms. The Balaban J connectivity index is 1.36. The highest BCUT2D eigenvalue weighted by molar-refractivity contribution is 7.26. The quantitative estimate of drug-likeness (QED) is 0.201. The van der Waals surface area contributed by atoms with Crippen molar-refractivity contribution in [2.24, 2.45) is 0 Å². The average molecular weight is 582 g/mol. The lowest BCUT2D eigenvalue weighted by molar-refractivity contribution is 0.490. The highest BCUT2D eigenvalue weighted by atomic mass is 32.1. The number of hydrogen-bond acceptors (Lipinski definition) is 2. The number of rotatable bonds is 4. The van der Waals surface area contributed by atoms with Crippen LogP contribution in [0.3, 0.4) is 0 Å². The fraction of sp³-hybridized carbons (Fsp3) is 0.119. The summed E-state index contributed by atoms with van der Waals surface area (Å²) in [6, 6.07) is 47.1. The maximum absolute atomic E-state index is 5.53. The molecule has 2 aromatic heterocycles. The Morgan fingerprint density at radius 3 is 2.18 bits per heavy atom. The van der Waals surface area contributed by atoms with Crippen molar-refractivity contribution in [1.82, 2.24) is 4.98 Å². The van der Waals surface area contributed by atoms with Crippen molar-refractivity contribution < 1.29 is 0 Å². The van der Waals surface area contributed by atoms with Gasteiger partial charge in [0, 0.05) is 36.5 Å². The van der Waals surface area contributed by atoms with Gasteiger partial charge in [-0.05, 0) is 75.2 Å². The number of thiophene rings is 1. The van der Waals surface area contributed by atoms with Crippen LogP contribution in [0, 0.1) is 0 Å². The van der Waals surface area contributed by atoms with Crippen molar-refractivity contribution in [2.75, 3.05) is 0 Å². The van der Waals surface area contributed by atoms with Gasteiger partial charge in [-0.2, -0.15) is 0 Å². The van der Waals surface area contributed by atoms with Crippen molar-refractivity contribution in [2.45, 2.75) is 32.1 Å². The Bertz CT molecular complexity index is 2410. The number of nitrogens with zero attached hydrogens (tertiary/aromatic N) is 1. The third kappa shape index (κ3) is 3.49. The molecule has 0 N–H and O–H groups in total. The molecule has 0 aliphatic heterocycles. The van der Waals surface area contributed by atoms with Gasteiger partial charge in [0.25, 0.3) is 0 Å². The van der Waals surface area contributed by atoms with Crippen molar-refractivity contribution in [1.29, 1.82) is 0 Å². The van der Waals surface area contributed by atoms with Crippen LogP contribution in [-0.4, -0.2) is 4.98 Å². The van der Waals surface area contributed by atoms with E-state index in [9.17, 15) is 0 Å². The monoisotopic (exact) mass is 581 g/mol. The van der Waals surface area contributed by atoms with Crippen LogP contribution < -0.4 is 0 Å². The Morgan fingerprint density at radius 1 is 0.568 bits per heavy atom. The molecule has 0 spiro atoms. The summed E-state index contributed by atoms with van der Waals surface area (Å²) in [5, 5.41) is 6.34. The summed E-state index contributed by atoms with van der Waals surface area (Å²) in [5.41, 5.74) is 11.4. The molecule has 1 nitrogen and oxygen atoms in total. The van der Waals surface area contributed by atoms with E-state index in [4.69, 9.17) is 4.98 Å². The maximum Gasteiger partial charge on any atom is 0.0808 e. The summed E-state index contributed by atoms with van der Waals surface area (Å²) < 4.78 is 2.62. The fourth-order valence-corrected chi connectivity index (χ4v) is 9.16.